The highest BCUT2D eigenvalue weighted by atomic mass is 16.5. The van der Waals surface area contributed by atoms with Crippen molar-refractivity contribution in [3.05, 3.63) is 29.3 Å². The summed E-state index contributed by atoms with van der Waals surface area (Å²) < 4.78 is 6.01. The first kappa shape index (κ1) is 17.0. The van der Waals surface area contributed by atoms with Gasteiger partial charge in [-0.05, 0) is 42.4 Å². The van der Waals surface area contributed by atoms with Crippen molar-refractivity contribution in [2.75, 3.05) is 13.2 Å². The van der Waals surface area contributed by atoms with Crippen LogP contribution in [0.15, 0.2) is 18.2 Å². The van der Waals surface area contributed by atoms with Gasteiger partial charge in [-0.2, -0.15) is 0 Å². The Hall–Kier alpha value is -1.02. The van der Waals surface area contributed by atoms with Crippen molar-refractivity contribution in [3.63, 3.8) is 0 Å². The van der Waals surface area contributed by atoms with Crippen LogP contribution >= 0.6 is 0 Å². The van der Waals surface area contributed by atoms with Gasteiger partial charge in [0.2, 0.25) is 0 Å². The predicted molar refractivity (Wildman–Crippen MR) is 87.7 cm³/mol. The predicted octanol–water partition coefficient (Wildman–Crippen LogP) is 4.31. The zero-order valence-electron chi connectivity index (χ0n) is 14.2. The van der Waals surface area contributed by atoms with E-state index in [2.05, 4.69) is 72.0 Å². The van der Waals surface area contributed by atoms with Crippen LogP contribution in [-0.2, 0) is 5.41 Å². The second-order valence-electron chi connectivity index (χ2n) is 7.08. The molecule has 0 aliphatic rings. The Morgan fingerprint density at radius 2 is 1.80 bits per heavy atom. The van der Waals surface area contributed by atoms with E-state index in [1.165, 1.54) is 11.1 Å². The fraction of sp³-hybridized carbons (Fsp3) is 0.667. The van der Waals surface area contributed by atoms with Crippen LogP contribution in [0.1, 0.15) is 52.7 Å². The van der Waals surface area contributed by atoms with Crippen LogP contribution in [0.3, 0.4) is 0 Å². The van der Waals surface area contributed by atoms with Gasteiger partial charge in [0, 0.05) is 12.6 Å². The van der Waals surface area contributed by atoms with Crippen LogP contribution in [0, 0.1) is 12.8 Å². The number of aryl methyl sites for hydroxylation is 1. The van der Waals surface area contributed by atoms with E-state index in [1.807, 2.05) is 0 Å². The molecular formula is C18H31NO. The molecule has 1 rings (SSSR count). The maximum atomic E-state index is 6.01. The maximum absolute atomic E-state index is 6.01. The molecule has 0 fully saturated rings. The molecule has 0 aliphatic heterocycles. The average molecular weight is 277 g/mol. The topological polar surface area (TPSA) is 21.3 Å². The summed E-state index contributed by atoms with van der Waals surface area (Å²) in [5.41, 5.74) is 2.64. The van der Waals surface area contributed by atoms with Gasteiger partial charge in [0.25, 0.3) is 0 Å². The Bertz CT molecular complexity index is 418. The molecule has 1 aromatic rings. The molecule has 114 valence electrons. The van der Waals surface area contributed by atoms with Crippen LogP contribution < -0.4 is 10.1 Å². The van der Waals surface area contributed by atoms with Crippen molar-refractivity contribution in [1.29, 1.82) is 0 Å². The summed E-state index contributed by atoms with van der Waals surface area (Å²) in [5, 5.41) is 3.50. The first-order valence-corrected chi connectivity index (χ1v) is 7.69. The van der Waals surface area contributed by atoms with E-state index in [0.717, 1.165) is 12.3 Å². The zero-order chi connectivity index (χ0) is 15.3. The standard InChI is InChI=1S/C18H31NO/c1-13(2)15(4)19-10-11-20-17-12-14(3)8-9-16(17)18(5,6)7/h8-9,12-13,15,19H,10-11H2,1-7H3. The minimum atomic E-state index is 0.113. The minimum absolute atomic E-state index is 0.113. The molecular weight excluding hydrogens is 246 g/mol. The molecule has 20 heavy (non-hydrogen) atoms. The summed E-state index contributed by atoms with van der Waals surface area (Å²) in [5.74, 6) is 1.68. The van der Waals surface area contributed by atoms with Crippen molar-refractivity contribution >= 4 is 0 Å². The Labute approximate surface area is 124 Å². The Kier molecular flexibility index (Phi) is 6.07. The highest BCUT2D eigenvalue weighted by molar-refractivity contribution is 5.41. The molecule has 2 nitrogen and oxygen atoms in total. The summed E-state index contributed by atoms with van der Waals surface area (Å²) >= 11 is 0. The molecule has 2 heteroatoms. The van der Waals surface area contributed by atoms with E-state index in [-0.39, 0.29) is 5.41 Å². The molecule has 1 aromatic carbocycles. The van der Waals surface area contributed by atoms with Crippen molar-refractivity contribution in [2.45, 2.75) is 59.9 Å². The average Bonchev–Trinajstić information content (AvgIpc) is 2.32. The van der Waals surface area contributed by atoms with Gasteiger partial charge >= 0.3 is 0 Å². The monoisotopic (exact) mass is 277 g/mol. The Morgan fingerprint density at radius 1 is 1.15 bits per heavy atom. The lowest BCUT2D eigenvalue weighted by atomic mass is 9.86. The van der Waals surface area contributed by atoms with Crippen LogP contribution in [0.25, 0.3) is 0 Å². The van der Waals surface area contributed by atoms with E-state index in [0.29, 0.717) is 18.6 Å². The van der Waals surface area contributed by atoms with E-state index in [1.54, 1.807) is 0 Å². The number of hydrogen-bond donors (Lipinski definition) is 1. The van der Waals surface area contributed by atoms with Crippen LogP contribution in [-0.4, -0.2) is 19.2 Å². The smallest absolute Gasteiger partial charge is 0.123 e. The molecule has 0 amide bonds. The first-order valence-electron chi connectivity index (χ1n) is 7.69. The SMILES string of the molecule is Cc1ccc(C(C)(C)C)c(OCCNC(C)C(C)C)c1. The highest BCUT2D eigenvalue weighted by Crippen LogP contribution is 2.31. The fourth-order valence-corrected chi connectivity index (χ4v) is 2.05. The van der Waals surface area contributed by atoms with Crippen molar-refractivity contribution in [3.8, 4) is 5.75 Å². The van der Waals surface area contributed by atoms with Crippen molar-refractivity contribution in [1.82, 2.24) is 5.32 Å². The maximum Gasteiger partial charge on any atom is 0.123 e. The fourth-order valence-electron chi connectivity index (χ4n) is 2.05. The quantitative estimate of drug-likeness (QED) is 0.783. The molecule has 0 heterocycles. The summed E-state index contributed by atoms with van der Waals surface area (Å²) in [6.07, 6.45) is 0. The summed E-state index contributed by atoms with van der Waals surface area (Å²) in [4.78, 5) is 0. The van der Waals surface area contributed by atoms with E-state index in [9.17, 15) is 0 Å². The van der Waals surface area contributed by atoms with Gasteiger partial charge < -0.3 is 10.1 Å². The van der Waals surface area contributed by atoms with E-state index in [4.69, 9.17) is 4.74 Å². The summed E-state index contributed by atoms with van der Waals surface area (Å²) in [6, 6.07) is 7.02. The molecule has 1 atom stereocenters. The first-order chi connectivity index (χ1) is 9.21. The summed E-state index contributed by atoms with van der Waals surface area (Å²) in [7, 11) is 0. The molecule has 0 spiro atoms. The van der Waals surface area contributed by atoms with Gasteiger partial charge in [-0.25, -0.2) is 0 Å². The second kappa shape index (κ2) is 7.12. The number of benzene rings is 1. The number of hydrogen-bond acceptors (Lipinski definition) is 2. The Balaban J connectivity index is 2.61. The molecule has 0 saturated carbocycles. The van der Waals surface area contributed by atoms with Crippen molar-refractivity contribution < 1.29 is 4.74 Å². The molecule has 0 bridgehead atoms. The van der Waals surface area contributed by atoms with E-state index < -0.39 is 0 Å². The van der Waals surface area contributed by atoms with Crippen LogP contribution in [0.2, 0.25) is 0 Å². The molecule has 0 aliphatic carbocycles. The van der Waals surface area contributed by atoms with Gasteiger partial charge in [-0.15, -0.1) is 0 Å². The number of rotatable bonds is 6. The third-order valence-electron chi connectivity index (χ3n) is 3.77. The summed E-state index contributed by atoms with van der Waals surface area (Å²) in [6.45, 7) is 17.1. The zero-order valence-corrected chi connectivity index (χ0v) is 14.2. The molecule has 1 N–H and O–H groups in total. The number of ether oxygens (including phenoxy) is 1. The lowest BCUT2D eigenvalue weighted by Crippen LogP contribution is -2.34. The highest BCUT2D eigenvalue weighted by Gasteiger charge is 2.18. The minimum Gasteiger partial charge on any atom is -0.492 e. The van der Waals surface area contributed by atoms with Crippen molar-refractivity contribution in [2.24, 2.45) is 5.92 Å². The number of nitrogens with one attached hydrogen (secondary N) is 1. The van der Waals surface area contributed by atoms with Gasteiger partial charge in [0.15, 0.2) is 0 Å². The normalized spacial score (nSPS) is 13.6. The largest absolute Gasteiger partial charge is 0.492 e. The third kappa shape index (κ3) is 5.16. The van der Waals surface area contributed by atoms with Crippen LogP contribution in [0.5, 0.6) is 5.75 Å². The van der Waals surface area contributed by atoms with Crippen LogP contribution in [0.4, 0.5) is 0 Å². The van der Waals surface area contributed by atoms with Gasteiger partial charge in [0.05, 0.1) is 0 Å². The lowest BCUT2D eigenvalue weighted by Gasteiger charge is -2.24. The van der Waals surface area contributed by atoms with E-state index >= 15 is 0 Å². The molecule has 0 aromatic heterocycles. The van der Waals surface area contributed by atoms with Gasteiger partial charge in [-0.1, -0.05) is 46.8 Å². The van der Waals surface area contributed by atoms with Gasteiger partial charge in [0.1, 0.15) is 12.4 Å². The third-order valence-corrected chi connectivity index (χ3v) is 3.77. The second-order valence-corrected chi connectivity index (χ2v) is 7.08. The molecule has 1 unspecified atom stereocenters. The molecule has 0 radical (unpaired) electrons. The molecule has 0 saturated heterocycles. The lowest BCUT2D eigenvalue weighted by molar-refractivity contribution is 0.290. The Morgan fingerprint density at radius 3 is 2.35 bits per heavy atom. The van der Waals surface area contributed by atoms with Gasteiger partial charge in [-0.3, -0.25) is 0 Å².